The van der Waals surface area contributed by atoms with Crippen molar-refractivity contribution in [1.29, 1.82) is 0 Å². The maximum Gasteiger partial charge on any atom is 0.210 e. The average molecular weight is 502 g/mol. The van der Waals surface area contributed by atoms with Gasteiger partial charge in [0.1, 0.15) is 12.4 Å². The lowest BCUT2D eigenvalue weighted by molar-refractivity contribution is -0.118. The number of nitrogens with one attached hydrogen (secondary N) is 2. The molecule has 1 heterocycles. The van der Waals surface area contributed by atoms with Gasteiger partial charge in [0.25, 0.3) is 0 Å². The highest BCUT2D eigenvalue weighted by molar-refractivity contribution is 5.47. The van der Waals surface area contributed by atoms with Crippen molar-refractivity contribution in [3.05, 3.63) is 47.8 Å². The molecule has 2 aromatic rings. The largest absolute Gasteiger partial charge is 0.491 e. The minimum atomic E-state index is 0.552. The van der Waals surface area contributed by atoms with Gasteiger partial charge in [0.2, 0.25) is 6.41 Å². The van der Waals surface area contributed by atoms with Gasteiger partial charge < -0.3 is 24.6 Å². The molecule has 0 atom stereocenters. The number of hydrogen-bond acceptors (Lipinski definition) is 6. The van der Waals surface area contributed by atoms with Crippen LogP contribution in [0.5, 0.6) is 5.75 Å². The van der Waals surface area contributed by atoms with Crippen LogP contribution in [0.15, 0.2) is 36.7 Å². The van der Waals surface area contributed by atoms with Crippen molar-refractivity contribution in [1.82, 2.24) is 25.3 Å². The molecular formula is C28H47N5O3. The van der Waals surface area contributed by atoms with Crippen molar-refractivity contribution in [2.75, 3.05) is 54.1 Å². The number of carbonyl (C=O) groups is 1. The predicted molar refractivity (Wildman–Crippen MR) is 145 cm³/mol. The van der Waals surface area contributed by atoms with E-state index in [2.05, 4.69) is 34.4 Å². The average Bonchev–Trinajstić information content (AvgIpc) is 3.40. The van der Waals surface area contributed by atoms with E-state index in [1.54, 1.807) is 7.11 Å². The first-order valence-corrected chi connectivity index (χ1v) is 13.2. The van der Waals surface area contributed by atoms with E-state index in [-0.39, 0.29) is 0 Å². The Balaban J connectivity index is 0.000000319. The second kappa shape index (κ2) is 17.9. The van der Waals surface area contributed by atoms with Crippen molar-refractivity contribution < 1.29 is 14.3 Å². The van der Waals surface area contributed by atoms with E-state index < -0.39 is 0 Å². The predicted octanol–water partition coefficient (Wildman–Crippen LogP) is 3.95. The molecule has 0 unspecified atom stereocenters. The second-order valence-electron chi connectivity index (χ2n) is 9.92. The van der Waals surface area contributed by atoms with E-state index >= 15 is 0 Å². The number of carbonyl (C=O) groups excluding carboxylic acids is 1. The van der Waals surface area contributed by atoms with Crippen molar-refractivity contribution in [2.24, 2.45) is 11.8 Å². The second-order valence-corrected chi connectivity index (χ2v) is 9.92. The van der Waals surface area contributed by atoms with E-state index in [9.17, 15) is 4.79 Å². The highest BCUT2D eigenvalue weighted by Gasteiger charge is 2.18. The molecule has 1 aromatic heterocycles. The molecule has 0 bridgehead atoms. The third-order valence-electron chi connectivity index (χ3n) is 6.73. The van der Waals surface area contributed by atoms with E-state index in [1.165, 1.54) is 31.2 Å². The molecule has 1 saturated carbocycles. The monoisotopic (exact) mass is 501 g/mol. The number of hydrogen-bond donors (Lipinski definition) is 2. The zero-order chi connectivity index (χ0) is 26.0. The molecule has 1 fully saturated rings. The molecule has 0 spiro atoms. The van der Waals surface area contributed by atoms with E-state index in [1.807, 2.05) is 48.6 Å². The Morgan fingerprint density at radius 3 is 2.44 bits per heavy atom. The minimum Gasteiger partial charge on any atom is -0.491 e. The Bertz CT molecular complexity index is 792. The van der Waals surface area contributed by atoms with Gasteiger partial charge in [0.05, 0.1) is 12.8 Å². The summed E-state index contributed by atoms with van der Waals surface area (Å²) in [6.45, 7) is 8.04. The van der Waals surface area contributed by atoms with Crippen LogP contribution in [0.4, 0.5) is 0 Å². The molecular weight excluding hydrogens is 454 g/mol. The SMILES string of the molecule is CNCCN(C)Cc1cn[nH]c1.COCCOc1ccc(CN(C=O)CCC2CCC(C)CC2)cc1. The number of likely N-dealkylation sites (N-methyl/N-ethyl adjacent to an activating group) is 2. The number of methoxy groups -OCH3 is 1. The minimum absolute atomic E-state index is 0.552. The summed E-state index contributed by atoms with van der Waals surface area (Å²) in [6, 6.07) is 7.97. The number of ether oxygens (including phenoxy) is 2. The lowest BCUT2D eigenvalue weighted by atomic mass is 9.81. The highest BCUT2D eigenvalue weighted by Crippen LogP contribution is 2.30. The van der Waals surface area contributed by atoms with Crippen molar-refractivity contribution in [3.63, 3.8) is 0 Å². The Morgan fingerprint density at radius 1 is 1.08 bits per heavy atom. The third-order valence-corrected chi connectivity index (χ3v) is 6.73. The number of H-pyrrole nitrogens is 1. The van der Waals surface area contributed by atoms with Gasteiger partial charge in [-0.3, -0.25) is 9.89 Å². The van der Waals surface area contributed by atoms with E-state index in [0.29, 0.717) is 19.8 Å². The quantitative estimate of drug-likeness (QED) is 0.284. The number of amides is 1. The zero-order valence-corrected chi connectivity index (χ0v) is 22.7. The van der Waals surface area contributed by atoms with Gasteiger partial charge in [-0.2, -0.15) is 5.10 Å². The van der Waals surface area contributed by atoms with Crippen LogP contribution >= 0.6 is 0 Å². The van der Waals surface area contributed by atoms with Crippen LogP contribution in [-0.4, -0.2) is 80.5 Å². The fraction of sp³-hybridized carbons (Fsp3) is 0.643. The summed E-state index contributed by atoms with van der Waals surface area (Å²) in [5.41, 5.74) is 2.37. The smallest absolute Gasteiger partial charge is 0.210 e. The van der Waals surface area contributed by atoms with Crippen molar-refractivity contribution in [2.45, 2.75) is 52.1 Å². The maximum absolute atomic E-state index is 11.4. The molecule has 1 aliphatic carbocycles. The van der Waals surface area contributed by atoms with Crippen LogP contribution in [0.1, 0.15) is 50.2 Å². The van der Waals surface area contributed by atoms with Gasteiger partial charge in [-0.1, -0.05) is 44.7 Å². The summed E-state index contributed by atoms with van der Waals surface area (Å²) in [7, 11) is 5.73. The zero-order valence-electron chi connectivity index (χ0n) is 22.7. The Labute approximate surface area is 217 Å². The lowest BCUT2D eigenvalue weighted by Crippen LogP contribution is -2.26. The number of aromatic amines is 1. The molecule has 36 heavy (non-hydrogen) atoms. The van der Waals surface area contributed by atoms with Gasteiger partial charge in [-0.25, -0.2) is 0 Å². The van der Waals surface area contributed by atoms with Gasteiger partial charge in [-0.15, -0.1) is 0 Å². The number of benzene rings is 1. The van der Waals surface area contributed by atoms with Crippen LogP contribution in [0.25, 0.3) is 0 Å². The third kappa shape index (κ3) is 12.5. The summed E-state index contributed by atoms with van der Waals surface area (Å²) in [4.78, 5) is 15.5. The van der Waals surface area contributed by atoms with E-state index in [0.717, 1.165) is 62.2 Å². The fourth-order valence-electron chi connectivity index (χ4n) is 4.36. The standard InChI is InChI=1S/C20H31NO3.C8H16N4/c1-17-3-5-18(6-4-17)11-12-21(16-22)15-19-7-9-20(10-8-19)24-14-13-23-2;1-9-3-4-12(2)7-8-5-10-11-6-8/h7-10,16-18H,3-6,11-15H2,1-2H3;5-6,9H,3-4,7H2,1-2H3,(H,10,11). The Hall–Kier alpha value is -2.42. The fourth-order valence-corrected chi connectivity index (χ4v) is 4.36. The first-order chi connectivity index (χ1) is 17.5. The van der Waals surface area contributed by atoms with Crippen molar-refractivity contribution >= 4 is 6.41 Å². The molecule has 1 aliphatic rings. The normalized spacial score (nSPS) is 17.4. The molecule has 0 saturated heterocycles. The highest BCUT2D eigenvalue weighted by atomic mass is 16.5. The van der Waals surface area contributed by atoms with Crippen molar-refractivity contribution in [3.8, 4) is 5.75 Å². The van der Waals surface area contributed by atoms with Gasteiger partial charge in [0, 0.05) is 51.6 Å². The molecule has 1 amide bonds. The van der Waals surface area contributed by atoms with Gasteiger partial charge in [-0.05, 0) is 50.0 Å². The summed E-state index contributed by atoms with van der Waals surface area (Å²) in [6.07, 6.45) is 11.2. The van der Waals surface area contributed by atoms with Crippen LogP contribution in [0.2, 0.25) is 0 Å². The Morgan fingerprint density at radius 2 is 1.83 bits per heavy atom. The maximum atomic E-state index is 11.4. The molecule has 2 N–H and O–H groups in total. The topological polar surface area (TPSA) is 82.7 Å². The van der Waals surface area contributed by atoms with Crippen LogP contribution in [-0.2, 0) is 22.6 Å². The Kier molecular flexibility index (Phi) is 14.8. The molecule has 0 radical (unpaired) electrons. The van der Waals surface area contributed by atoms with Crippen LogP contribution in [0.3, 0.4) is 0 Å². The van der Waals surface area contributed by atoms with Crippen LogP contribution < -0.4 is 10.1 Å². The number of nitrogens with zero attached hydrogens (tertiary/aromatic N) is 3. The molecule has 8 nitrogen and oxygen atoms in total. The number of aromatic nitrogens is 2. The molecule has 1 aromatic carbocycles. The first kappa shape index (κ1) is 29.8. The summed E-state index contributed by atoms with van der Waals surface area (Å²) in [5.74, 6) is 2.51. The van der Waals surface area contributed by atoms with Gasteiger partial charge in [0.15, 0.2) is 0 Å². The first-order valence-electron chi connectivity index (χ1n) is 13.2. The molecule has 3 rings (SSSR count). The van der Waals surface area contributed by atoms with E-state index in [4.69, 9.17) is 9.47 Å². The summed E-state index contributed by atoms with van der Waals surface area (Å²) in [5, 5.41) is 9.80. The van der Waals surface area contributed by atoms with Crippen LogP contribution in [0, 0.1) is 11.8 Å². The summed E-state index contributed by atoms with van der Waals surface area (Å²) >= 11 is 0. The van der Waals surface area contributed by atoms with Gasteiger partial charge >= 0.3 is 0 Å². The lowest BCUT2D eigenvalue weighted by Gasteiger charge is -2.28. The molecule has 0 aliphatic heterocycles. The number of rotatable bonds is 15. The summed E-state index contributed by atoms with van der Waals surface area (Å²) < 4.78 is 10.5. The molecule has 202 valence electrons. The molecule has 8 heteroatoms.